The van der Waals surface area contributed by atoms with Crippen molar-refractivity contribution < 1.29 is 0 Å². The van der Waals surface area contributed by atoms with E-state index >= 15 is 0 Å². The molecule has 0 spiro atoms. The van der Waals surface area contributed by atoms with Gasteiger partial charge in [-0.25, -0.2) is 0 Å². The zero-order valence-corrected chi connectivity index (χ0v) is 15.2. The van der Waals surface area contributed by atoms with Crippen LogP contribution in [0.3, 0.4) is 0 Å². The lowest BCUT2D eigenvalue weighted by atomic mass is 10.1. The highest BCUT2D eigenvalue weighted by molar-refractivity contribution is 5.35. The largest absolute Gasteiger partial charge is 0.114 e. The van der Waals surface area contributed by atoms with Crippen molar-refractivity contribution in [1.29, 1.82) is 0 Å². The Kier molecular flexibility index (Phi) is 12.2. The summed E-state index contributed by atoms with van der Waals surface area (Å²) in [5.74, 6) is 1.45. The maximum Gasteiger partial charge on any atom is 0.0928 e. The van der Waals surface area contributed by atoms with Gasteiger partial charge in [0.2, 0.25) is 0 Å². The second-order valence-electron chi connectivity index (χ2n) is 5.69. The first-order chi connectivity index (χ1) is 11.0. The number of hydrogen-bond acceptors (Lipinski definition) is 0. The van der Waals surface area contributed by atoms with Gasteiger partial charge in [-0.05, 0) is 37.0 Å². The topological polar surface area (TPSA) is 0 Å². The first kappa shape index (κ1) is 20.8. The van der Waals surface area contributed by atoms with Gasteiger partial charge in [0.25, 0.3) is 0 Å². The van der Waals surface area contributed by atoms with Crippen LogP contribution in [0.15, 0.2) is 90.3 Å². The molecule has 0 saturated carbocycles. The summed E-state index contributed by atoms with van der Waals surface area (Å²) >= 11 is 0. The van der Waals surface area contributed by atoms with Gasteiger partial charge in [-0.2, -0.15) is 0 Å². The van der Waals surface area contributed by atoms with Crippen LogP contribution in [0, 0.1) is 5.92 Å². The standard InChI is InChI=1S/C23H31/c1-7-10-14-23(15-11-8-2)19-21(6)17-18-22(9-3)16-12-13-20(4)5/h7-11,14,16-18H,1,3,12-13,15H2,2,4-6H3/q+1/b11-8-,14-10-,18-17-,22-16-. The molecule has 0 atom stereocenters. The highest BCUT2D eigenvalue weighted by Crippen LogP contribution is 2.11. The second kappa shape index (κ2) is 13.5. The van der Waals surface area contributed by atoms with Crippen molar-refractivity contribution in [2.75, 3.05) is 0 Å². The third-order valence-electron chi connectivity index (χ3n) is 3.15. The summed E-state index contributed by atoms with van der Waals surface area (Å²) < 4.78 is 0. The number of allylic oxidation sites excluding steroid dienone is 11. The minimum atomic E-state index is 0.877. The van der Waals surface area contributed by atoms with Crippen LogP contribution in [-0.4, -0.2) is 0 Å². The first-order valence-electron chi connectivity index (χ1n) is 8.19. The van der Waals surface area contributed by atoms with Crippen LogP contribution < -0.4 is 0 Å². The lowest BCUT2D eigenvalue weighted by molar-refractivity contribution is 0.850. The van der Waals surface area contributed by atoms with E-state index in [9.17, 15) is 0 Å². The fraction of sp³-hybridized carbons (Fsp3) is 0.304. The zero-order chi connectivity index (χ0) is 17.5. The van der Waals surface area contributed by atoms with Gasteiger partial charge in [-0.1, -0.05) is 67.8 Å². The Bertz CT molecular complexity index is 539. The third-order valence-corrected chi connectivity index (χ3v) is 3.15. The molecule has 0 aromatic rings. The first-order valence-corrected chi connectivity index (χ1v) is 8.19. The number of hydrogen-bond donors (Lipinski definition) is 0. The molecule has 0 heterocycles. The van der Waals surface area contributed by atoms with Gasteiger partial charge < -0.3 is 0 Å². The summed E-state index contributed by atoms with van der Waals surface area (Å²) in [6.07, 6.45) is 21.3. The molecule has 0 aliphatic rings. The van der Waals surface area contributed by atoms with Crippen LogP contribution in [0.5, 0.6) is 0 Å². The summed E-state index contributed by atoms with van der Waals surface area (Å²) in [6.45, 7) is 16.0. The minimum Gasteiger partial charge on any atom is -0.114 e. The van der Waals surface area contributed by atoms with E-state index in [0.717, 1.165) is 36.0 Å². The Morgan fingerprint density at radius 1 is 1.13 bits per heavy atom. The highest BCUT2D eigenvalue weighted by Gasteiger charge is 2.00. The van der Waals surface area contributed by atoms with Gasteiger partial charge in [0.1, 0.15) is 0 Å². The van der Waals surface area contributed by atoms with Gasteiger partial charge in [0.15, 0.2) is 0 Å². The zero-order valence-electron chi connectivity index (χ0n) is 15.2. The maximum absolute atomic E-state index is 3.89. The molecule has 0 nitrogen and oxygen atoms in total. The van der Waals surface area contributed by atoms with Gasteiger partial charge in [-0.15, -0.1) is 5.73 Å². The molecular formula is C23H31+. The van der Waals surface area contributed by atoms with E-state index in [1.54, 1.807) is 6.08 Å². The molecule has 0 rings (SSSR count). The van der Waals surface area contributed by atoms with E-state index in [4.69, 9.17) is 0 Å². The van der Waals surface area contributed by atoms with Crippen molar-refractivity contribution >= 4 is 0 Å². The molecule has 23 heavy (non-hydrogen) atoms. The lowest BCUT2D eigenvalue weighted by Crippen LogP contribution is -1.82. The van der Waals surface area contributed by atoms with Gasteiger partial charge in [0.05, 0.1) is 26.2 Å². The van der Waals surface area contributed by atoms with Crippen LogP contribution >= 0.6 is 0 Å². The Morgan fingerprint density at radius 3 is 2.43 bits per heavy atom. The Labute approximate surface area is 143 Å². The lowest BCUT2D eigenvalue weighted by Gasteiger charge is -1.96. The van der Waals surface area contributed by atoms with Crippen molar-refractivity contribution in [2.45, 2.75) is 47.0 Å². The molecule has 122 valence electrons. The van der Waals surface area contributed by atoms with Crippen molar-refractivity contribution in [2.24, 2.45) is 0 Å². The fourth-order valence-corrected chi connectivity index (χ4v) is 1.85. The van der Waals surface area contributed by atoms with E-state index in [-0.39, 0.29) is 0 Å². The average molecular weight is 308 g/mol. The van der Waals surface area contributed by atoms with Crippen molar-refractivity contribution in [3.05, 3.63) is 96.2 Å². The molecule has 0 amide bonds. The van der Waals surface area contributed by atoms with Crippen LogP contribution in [0.4, 0.5) is 0 Å². The predicted octanol–water partition coefficient (Wildman–Crippen LogP) is 7.23. The third kappa shape index (κ3) is 12.1. The van der Waals surface area contributed by atoms with Gasteiger partial charge >= 0.3 is 0 Å². The van der Waals surface area contributed by atoms with Crippen LogP contribution in [0.2, 0.25) is 0 Å². The van der Waals surface area contributed by atoms with Crippen LogP contribution in [0.1, 0.15) is 47.0 Å². The minimum absolute atomic E-state index is 0.877. The van der Waals surface area contributed by atoms with Crippen LogP contribution in [-0.2, 0) is 0 Å². The Hall–Kier alpha value is -2.17. The monoisotopic (exact) mass is 307 g/mol. The quantitative estimate of drug-likeness (QED) is 0.173. The van der Waals surface area contributed by atoms with E-state index in [1.165, 1.54) is 5.92 Å². The molecule has 0 fully saturated rings. The summed E-state index contributed by atoms with van der Waals surface area (Å²) in [7, 11) is 0. The van der Waals surface area contributed by atoms with Crippen molar-refractivity contribution in [3.63, 3.8) is 0 Å². The van der Waals surface area contributed by atoms with Crippen molar-refractivity contribution in [1.82, 2.24) is 0 Å². The van der Waals surface area contributed by atoms with E-state index in [0.29, 0.717) is 0 Å². The molecule has 0 N–H and O–H groups in total. The van der Waals surface area contributed by atoms with E-state index in [2.05, 4.69) is 76.1 Å². The molecular weight excluding hydrogens is 276 g/mol. The summed E-state index contributed by atoms with van der Waals surface area (Å²) in [5.41, 5.74) is 6.84. The molecule has 0 radical (unpaired) electrons. The second-order valence-corrected chi connectivity index (χ2v) is 5.69. The van der Waals surface area contributed by atoms with Crippen molar-refractivity contribution in [3.8, 4) is 0 Å². The SMILES string of the molecule is C=C/C=C\C(=C=C(C)/C=C\C(C=C)=C/CC[C+](C)C)C/C=C\C. The summed E-state index contributed by atoms with van der Waals surface area (Å²) in [5, 5.41) is 0. The Morgan fingerprint density at radius 2 is 1.87 bits per heavy atom. The summed E-state index contributed by atoms with van der Waals surface area (Å²) in [6, 6.07) is 0. The summed E-state index contributed by atoms with van der Waals surface area (Å²) in [4.78, 5) is 0. The smallest absolute Gasteiger partial charge is 0.0928 e. The van der Waals surface area contributed by atoms with E-state index in [1.807, 2.05) is 19.1 Å². The number of rotatable bonds is 10. The van der Waals surface area contributed by atoms with E-state index < -0.39 is 0 Å². The molecule has 0 aromatic heterocycles. The predicted molar refractivity (Wildman–Crippen MR) is 106 cm³/mol. The van der Waals surface area contributed by atoms with Crippen LogP contribution in [0.25, 0.3) is 0 Å². The molecule has 0 aromatic carbocycles. The normalized spacial score (nSPS) is 11.9. The highest BCUT2D eigenvalue weighted by atomic mass is 14.0. The molecule has 0 unspecified atom stereocenters. The maximum atomic E-state index is 3.89. The Balaban J connectivity index is 5.16. The molecule has 0 bridgehead atoms. The van der Waals surface area contributed by atoms with Gasteiger partial charge in [-0.3, -0.25) is 0 Å². The molecule has 0 saturated heterocycles. The van der Waals surface area contributed by atoms with Gasteiger partial charge in [0, 0.05) is 6.42 Å². The molecule has 0 heteroatoms. The molecule has 0 aliphatic heterocycles. The average Bonchev–Trinajstić information content (AvgIpc) is 2.52. The fourth-order valence-electron chi connectivity index (χ4n) is 1.85. The molecule has 0 aliphatic carbocycles.